The molecular formula is C34H51N5O9S. The Kier molecular flexibility index (Phi) is 10.2. The second-order valence-electron chi connectivity index (χ2n) is 15.6. The summed E-state index contributed by atoms with van der Waals surface area (Å²) in [6.07, 6.45) is 5.71. The van der Waals surface area contributed by atoms with E-state index in [1.54, 1.807) is 32.6 Å². The van der Waals surface area contributed by atoms with E-state index in [2.05, 4.69) is 15.4 Å². The van der Waals surface area contributed by atoms with Gasteiger partial charge in [-0.25, -0.2) is 18.0 Å². The van der Waals surface area contributed by atoms with Crippen molar-refractivity contribution in [2.75, 3.05) is 19.6 Å². The van der Waals surface area contributed by atoms with Gasteiger partial charge in [0, 0.05) is 25.4 Å². The minimum Gasteiger partial charge on any atom is -0.444 e. The average Bonchev–Trinajstić information content (AvgIpc) is 3.83. The number of alkyl carbamates (subject to hydrolysis) is 1. The molecule has 49 heavy (non-hydrogen) atoms. The van der Waals surface area contributed by atoms with E-state index in [4.69, 9.17) is 9.47 Å². The standard InChI is InChI=1S/C34H51N5O9S/c1-21-18-38(19-22(21)2)31(44)47-24-16-26-27(40)36-34(29(42)37-49(45,46)33(6)14-15-33)17-23(34)12-10-8-7-9-11-13-25(28(41)39(26)20-24)35-30(43)48-32(3,4)5/h10,12,23-26H,7-9,11,13-20H2,1-6H3,(H,35,43)(H,36,40)(H,37,42)/b12-10-/t23-,24-,25+,26+,34-/m1/s1. The molecule has 14 nitrogen and oxygen atoms in total. The van der Waals surface area contributed by atoms with Crippen LogP contribution in [0, 0.1) is 5.92 Å². The fourth-order valence-electron chi connectivity index (χ4n) is 6.64. The van der Waals surface area contributed by atoms with E-state index in [1.807, 2.05) is 26.0 Å². The summed E-state index contributed by atoms with van der Waals surface area (Å²) in [5.41, 5.74) is -0.206. The number of nitrogens with zero attached hydrogens (tertiary/aromatic N) is 2. The van der Waals surface area contributed by atoms with Crippen molar-refractivity contribution in [1.82, 2.24) is 25.2 Å². The van der Waals surface area contributed by atoms with Gasteiger partial charge in [-0.2, -0.15) is 0 Å². The van der Waals surface area contributed by atoms with Crippen LogP contribution in [0.5, 0.6) is 0 Å². The van der Waals surface area contributed by atoms with Gasteiger partial charge in [0.25, 0.3) is 5.91 Å². The maximum Gasteiger partial charge on any atom is 0.410 e. The van der Waals surface area contributed by atoms with Gasteiger partial charge in [0.1, 0.15) is 29.3 Å². The van der Waals surface area contributed by atoms with Crippen LogP contribution in [-0.2, 0) is 33.9 Å². The first-order chi connectivity index (χ1) is 22.8. The van der Waals surface area contributed by atoms with E-state index in [0.29, 0.717) is 45.2 Å². The molecule has 272 valence electrons. The third-order valence-corrected chi connectivity index (χ3v) is 12.4. The Morgan fingerprint density at radius 3 is 2.35 bits per heavy atom. The van der Waals surface area contributed by atoms with Gasteiger partial charge in [-0.3, -0.25) is 19.1 Å². The molecular weight excluding hydrogens is 654 g/mol. The number of allylic oxidation sites excluding steroid dienone is 1. The molecule has 3 heterocycles. The van der Waals surface area contributed by atoms with Crippen LogP contribution in [0.2, 0.25) is 0 Å². The number of nitrogens with one attached hydrogen (secondary N) is 3. The van der Waals surface area contributed by atoms with Crippen LogP contribution in [0.3, 0.4) is 0 Å². The quantitative estimate of drug-likeness (QED) is 0.363. The fourth-order valence-corrected chi connectivity index (χ4v) is 7.95. The fraction of sp³-hybridized carbons (Fsp3) is 0.735. The van der Waals surface area contributed by atoms with Crippen LogP contribution in [0.25, 0.3) is 0 Å². The van der Waals surface area contributed by atoms with Crippen molar-refractivity contribution in [3.8, 4) is 0 Å². The highest BCUT2D eigenvalue weighted by Crippen LogP contribution is 2.47. The number of sulfonamides is 1. The minimum absolute atomic E-state index is 0.0454. The third-order valence-electron chi connectivity index (χ3n) is 10.3. The molecule has 3 fully saturated rings. The summed E-state index contributed by atoms with van der Waals surface area (Å²) >= 11 is 0. The molecule has 0 aromatic heterocycles. The lowest BCUT2D eigenvalue weighted by atomic mass is 10.0. The Bertz CT molecular complexity index is 1530. The van der Waals surface area contributed by atoms with Gasteiger partial charge in [-0.1, -0.05) is 36.1 Å². The number of amides is 5. The number of ether oxygens (including phenoxy) is 2. The lowest BCUT2D eigenvalue weighted by molar-refractivity contribution is -0.141. The van der Waals surface area contributed by atoms with Gasteiger partial charge in [0.15, 0.2) is 0 Å². The molecule has 5 atom stereocenters. The normalized spacial score (nSPS) is 31.0. The van der Waals surface area contributed by atoms with Crippen molar-refractivity contribution in [3.05, 3.63) is 23.3 Å². The molecule has 2 aliphatic carbocycles. The van der Waals surface area contributed by atoms with Crippen LogP contribution in [0.15, 0.2) is 23.3 Å². The van der Waals surface area contributed by atoms with Crippen LogP contribution in [0.4, 0.5) is 9.59 Å². The Labute approximate surface area is 288 Å². The average molecular weight is 706 g/mol. The van der Waals surface area contributed by atoms with Crippen molar-refractivity contribution >= 4 is 39.9 Å². The van der Waals surface area contributed by atoms with E-state index < -0.39 is 79.9 Å². The molecule has 0 unspecified atom stereocenters. The maximum atomic E-state index is 14.2. The summed E-state index contributed by atoms with van der Waals surface area (Å²) in [6.45, 7) is 11.3. The highest BCUT2D eigenvalue weighted by atomic mass is 32.2. The SMILES string of the molecule is CC1=C(C)CN(C(=O)O[C@@H]2C[C@H]3C(=O)N[C@]4(C(=O)NS(=O)(=O)C5(C)CC5)C[C@H]4/C=C\CCCCC[C@H](NC(=O)OC(C)(C)C)C(=O)N3C2)C1. The van der Waals surface area contributed by atoms with Crippen LogP contribution in [-0.4, -0.2) is 102 Å². The first kappa shape index (κ1) is 36.7. The summed E-state index contributed by atoms with van der Waals surface area (Å²) in [5.74, 6) is -2.47. The monoisotopic (exact) mass is 705 g/mol. The zero-order valence-electron chi connectivity index (χ0n) is 29.4. The smallest absolute Gasteiger partial charge is 0.410 e. The zero-order chi connectivity index (χ0) is 35.9. The Hall–Kier alpha value is -3.62. The second-order valence-corrected chi connectivity index (χ2v) is 17.8. The van der Waals surface area contributed by atoms with Crippen molar-refractivity contribution in [1.29, 1.82) is 0 Å². The van der Waals surface area contributed by atoms with Crippen molar-refractivity contribution in [3.63, 3.8) is 0 Å². The predicted octanol–water partition coefficient (Wildman–Crippen LogP) is 3.03. The molecule has 2 saturated carbocycles. The summed E-state index contributed by atoms with van der Waals surface area (Å²) < 4.78 is 38.5. The summed E-state index contributed by atoms with van der Waals surface area (Å²) in [7, 11) is -3.98. The highest BCUT2D eigenvalue weighted by Gasteiger charge is 2.63. The van der Waals surface area contributed by atoms with Gasteiger partial charge < -0.3 is 29.9 Å². The zero-order valence-corrected chi connectivity index (χ0v) is 30.2. The van der Waals surface area contributed by atoms with E-state index in [-0.39, 0.29) is 19.4 Å². The Balaban J connectivity index is 1.41. The lowest BCUT2D eigenvalue weighted by Gasteiger charge is -2.30. The van der Waals surface area contributed by atoms with E-state index >= 15 is 0 Å². The Morgan fingerprint density at radius 2 is 1.71 bits per heavy atom. The van der Waals surface area contributed by atoms with Gasteiger partial charge in [0.2, 0.25) is 21.8 Å². The summed E-state index contributed by atoms with van der Waals surface area (Å²) in [5, 5.41) is 5.51. The summed E-state index contributed by atoms with van der Waals surface area (Å²) in [6, 6.07) is -2.19. The number of rotatable bonds is 5. The molecule has 0 radical (unpaired) electrons. The van der Waals surface area contributed by atoms with Crippen LogP contribution < -0.4 is 15.4 Å². The number of carbonyl (C=O) groups is 5. The van der Waals surface area contributed by atoms with Gasteiger partial charge in [0.05, 0.1) is 11.3 Å². The molecule has 0 aromatic rings. The number of carbonyl (C=O) groups excluding carboxylic acids is 5. The maximum absolute atomic E-state index is 14.2. The van der Waals surface area contributed by atoms with Crippen LogP contribution in [0.1, 0.15) is 99.3 Å². The van der Waals surface area contributed by atoms with Gasteiger partial charge >= 0.3 is 12.2 Å². The van der Waals surface area contributed by atoms with E-state index in [0.717, 1.165) is 24.0 Å². The molecule has 1 saturated heterocycles. The lowest BCUT2D eigenvalue weighted by Crippen LogP contribution is -2.58. The predicted molar refractivity (Wildman–Crippen MR) is 179 cm³/mol. The molecule has 0 spiro atoms. The molecule has 3 aliphatic heterocycles. The number of fused-ring (bicyclic) bond motifs is 2. The first-order valence-electron chi connectivity index (χ1n) is 17.3. The highest BCUT2D eigenvalue weighted by molar-refractivity contribution is 7.91. The van der Waals surface area contributed by atoms with Gasteiger partial charge in [-0.15, -0.1) is 0 Å². The minimum atomic E-state index is -3.98. The molecule has 5 aliphatic rings. The molecule has 0 bridgehead atoms. The van der Waals surface area contributed by atoms with Crippen LogP contribution >= 0.6 is 0 Å². The van der Waals surface area contributed by atoms with E-state index in [9.17, 15) is 32.4 Å². The second kappa shape index (κ2) is 13.6. The Morgan fingerprint density at radius 1 is 1.04 bits per heavy atom. The molecule has 0 aromatic carbocycles. The first-order valence-corrected chi connectivity index (χ1v) is 18.8. The number of hydrogen-bond acceptors (Lipinski definition) is 9. The van der Waals surface area contributed by atoms with Crippen molar-refractivity contribution in [2.45, 2.75) is 133 Å². The van der Waals surface area contributed by atoms with Gasteiger partial charge in [-0.05, 0) is 80.1 Å². The van der Waals surface area contributed by atoms with E-state index in [1.165, 1.54) is 4.90 Å². The number of hydrogen-bond donors (Lipinski definition) is 3. The molecule has 5 rings (SSSR count). The van der Waals surface area contributed by atoms with Crippen molar-refractivity contribution in [2.24, 2.45) is 5.92 Å². The summed E-state index contributed by atoms with van der Waals surface area (Å²) in [4.78, 5) is 70.9. The topological polar surface area (TPSA) is 181 Å². The molecule has 5 amide bonds. The molecule has 15 heteroatoms. The third kappa shape index (κ3) is 8.24. The largest absolute Gasteiger partial charge is 0.444 e. The molecule has 3 N–H and O–H groups in total. The van der Waals surface area contributed by atoms with Crippen molar-refractivity contribution < 1.29 is 41.9 Å².